The summed E-state index contributed by atoms with van der Waals surface area (Å²) in [6.45, 7) is 10.1. The molecule has 20 heavy (non-hydrogen) atoms. The molecule has 112 valence electrons. The van der Waals surface area contributed by atoms with Gasteiger partial charge in [0, 0.05) is 38.5 Å². The van der Waals surface area contributed by atoms with Crippen molar-refractivity contribution in [1.82, 2.24) is 10.3 Å². The minimum Gasteiger partial charge on any atom is -0.377 e. The summed E-state index contributed by atoms with van der Waals surface area (Å²) in [6, 6.07) is 4.79. The molecular formula is C16H27N3O. The Hall–Kier alpha value is -1.13. The lowest BCUT2D eigenvalue weighted by molar-refractivity contribution is 0.0525. The maximum Gasteiger partial charge on any atom is 0.128 e. The average molecular weight is 277 g/mol. The molecule has 1 saturated heterocycles. The molecule has 1 aromatic rings. The normalized spacial score (nSPS) is 19.6. The Bertz CT molecular complexity index is 406. The van der Waals surface area contributed by atoms with E-state index >= 15 is 0 Å². The van der Waals surface area contributed by atoms with Crippen molar-refractivity contribution in [3.63, 3.8) is 0 Å². The van der Waals surface area contributed by atoms with Gasteiger partial charge in [0.05, 0.1) is 6.10 Å². The molecule has 1 aromatic heterocycles. The van der Waals surface area contributed by atoms with Gasteiger partial charge in [0.1, 0.15) is 5.82 Å². The first-order valence-corrected chi connectivity index (χ1v) is 7.74. The zero-order valence-electron chi connectivity index (χ0n) is 12.9. The molecule has 1 N–H and O–H groups in total. The van der Waals surface area contributed by atoms with Gasteiger partial charge in [-0.2, -0.15) is 0 Å². The quantitative estimate of drug-likeness (QED) is 0.867. The van der Waals surface area contributed by atoms with Crippen molar-refractivity contribution in [3.8, 4) is 0 Å². The van der Waals surface area contributed by atoms with Gasteiger partial charge in [-0.05, 0) is 37.5 Å². The lowest BCUT2D eigenvalue weighted by Crippen LogP contribution is -2.40. The highest BCUT2D eigenvalue weighted by Gasteiger charge is 2.21. The molecule has 0 spiro atoms. The smallest absolute Gasteiger partial charge is 0.128 e. The number of aromatic nitrogens is 1. The first kappa shape index (κ1) is 15.3. The zero-order chi connectivity index (χ0) is 14.4. The third-order valence-electron chi connectivity index (χ3n) is 3.63. The number of hydrogen-bond donors (Lipinski definition) is 1. The first-order chi connectivity index (χ1) is 9.69. The Morgan fingerprint density at radius 1 is 1.50 bits per heavy atom. The lowest BCUT2D eigenvalue weighted by Gasteiger charge is -2.33. The third kappa shape index (κ3) is 4.46. The van der Waals surface area contributed by atoms with Crippen molar-refractivity contribution in [2.75, 3.05) is 24.6 Å². The van der Waals surface area contributed by atoms with E-state index in [2.05, 4.69) is 48.1 Å². The number of piperidine rings is 1. The predicted molar refractivity (Wildman–Crippen MR) is 83.1 cm³/mol. The van der Waals surface area contributed by atoms with Crippen molar-refractivity contribution in [2.45, 2.75) is 52.3 Å². The van der Waals surface area contributed by atoms with Gasteiger partial charge in [-0.3, -0.25) is 0 Å². The van der Waals surface area contributed by atoms with E-state index in [0.29, 0.717) is 12.1 Å². The minimum atomic E-state index is 0.355. The molecule has 1 atom stereocenters. The molecule has 0 radical (unpaired) electrons. The Morgan fingerprint density at radius 2 is 2.35 bits per heavy atom. The van der Waals surface area contributed by atoms with E-state index < -0.39 is 0 Å². The maximum atomic E-state index is 5.76. The minimum absolute atomic E-state index is 0.355. The van der Waals surface area contributed by atoms with Crippen LogP contribution in [-0.4, -0.2) is 36.8 Å². The second-order valence-electron chi connectivity index (χ2n) is 5.72. The van der Waals surface area contributed by atoms with Crippen molar-refractivity contribution in [2.24, 2.45) is 0 Å². The number of anilines is 1. The molecule has 1 aliphatic rings. The van der Waals surface area contributed by atoms with Crippen LogP contribution >= 0.6 is 0 Å². The highest BCUT2D eigenvalue weighted by atomic mass is 16.5. The third-order valence-corrected chi connectivity index (χ3v) is 3.63. The van der Waals surface area contributed by atoms with Gasteiger partial charge >= 0.3 is 0 Å². The van der Waals surface area contributed by atoms with Crippen molar-refractivity contribution >= 4 is 5.82 Å². The molecule has 0 saturated carbocycles. The van der Waals surface area contributed by atoms with E-state index in [-0.39, 0.29) is 0 Å². The molecule has 0 aliphatic carbocycles. The molecule has 4 nitrogen and oxygen atoms in total. The van der Waals surface area contributed by atoms with E-state index in [4.69, 9.17) is 4.74 Å². The van der Waals surface area contributed by atoms with Crippen LogP contribution in [0.25, 0.3) is 0 Å². The number of ether oxygens (including phenoxy) is 1. The van der Waals surface area contributed by atoms with Crippen LogP contribution in [0.15, 0.2) is 18.3 Å². The Labute approximate surface area is 122 Å². The summed E-state index contributed by atoms with van der Waals surface area (Å²) in [5, 5.41) is 3.45. The number of hydrogen-bond acceptors (Lipinski definition) is 4. The molecule has 1 unspecified atom stereocenters. The van der Waals surface area contributed by atoms with E-state index in [0.717, 1.165) is 32.1 Å². The summed E-state index contributed by atoms with van der Waals surface area (Å²) in [5.41, 5.74) is 1.29. The van der Waals surface area contributed by atoms with E-state index in [1.165, 1.54) is 18.4 Å². The topological polar surface area (TPSA) is 37.4 Å². The number of rotatable bonds is 6. The first-order valence-electron chi connectivity index (χ1n) is 7.74. The fraction of sp³-hybridized carbons (Fsp3) is 0.688. The molecular weight excluding hydrogens is 250 g/mol. The van der Waals surface area contributed by atoms with Gasteiger partial charge in [-0.25, -0.2) is 4.98 Å². The standard InChI is InChI=1S/C16H27N3O/c1-4-20-15-6-5-9-19(12-15)16-10-14(7-8-17-16)11-18-13(2)3/h7-8,10,13,15,18H,4-6,9,11-12H2,1-3H3. The van der Waals surface area contributed by atoms with Gasteiger partial charge in [0.2, 0.25) is 0 Å². The van der Waals surface area contributed by atoms with Crippen LogP contribution in [0.4, 0.5) is 5.82 Å². The van der Waals surface area contributed by atoms with E-state index in [1.54, 1.807) is 0 Å². The van der Waals surface area contributed by atoms with Crippen LogP contribution in [0, 0.1) is 0 Å². The number of pyridine rings is 1. The highest BCUT2D eigenvalue weighted by molar-refractivity contribution is 5.41. The van der Waals surface area contributed by atoms with Gasteiger partial charge in [-0.15, -0.1) is 0 Å². The predicted octanol–water partition coefficient (Wildman–Crippen LogP) is 2.58. The molecule has 2 rings (SSSR count). The van der Waals surface area contributed by atoms with E-state index in [9.17, 15) is 0 Å². The molecule has 0 aromatic carbocycles. The number of nitrogens with one attached hydrogen (secondary N) is 1. The fourth-order valence-corrected chi connectivity index (χ4v) is 2.58. The van der Waals surface area contributed by atoms with Crippen LogP contribution in [0.3, 0.4) is 0 Å². The molecule has 0 bridgehead atoms. The van der Waals surface area contributed by atoms with Crippen LogP contribution < -0.4 is 10.2 Å². The molecule has 2 heterocycles. The maximum absolute atomic E-state index is 5.76. The van der Waals surface area contributed by atoms with Crippen LogP contribution in [0.1, 0.15) is 39.2 Å². The number of nitrogens with zero attached hydrogens (tertiary/aromatic N) is 2. The summed E-state index contributed by atoms with van der Waals surface area (Å²) in [4.78, 5) is 6.88. The van der Waals surface area contributed by atoms with Crippen molar-refractivity contribution in [1.29, 1.82) is 0 Å². The lowest BCUT2D eigenvalue weighted by atomic mass is 10.1. The summed E-state index contributed by atoms with van der Waals surface area (Å²) < 4.78 is 5.76. The summed E-state index contributed by atoms with van der Waals surface area (Å²) in [5.74, 6) is 1.08. The van der Waals surface area contributed by atoms with Gasteiger partial charge in [-0.1, -0.05) is 13.8 Å². The van der Waals surface area contributed by atoms with Crippen LogP contribution in [-0.2, 0) is 11.3 Å². The van der Waals surface area contributed by atoms with E-state index in [1.807, 2.05) is 6.20 Å². The fourth-order valence-electron chi connectivity index (χ4n) is 2.58. The van der Waals surface area contributed by atoms with Crippen LogP contribution in [0.2, 0.25) is 0 Å². The molecule has 1 fully saturated rings. The Morgan fingerprint density at radius 3 is 3.10 bits per heavy atom. The highest BCUT2D eigenvalue weighted by Crippen LogP contribution is 2.20. The van der Waals surface area contributed by atoms with Crippen molar-refractivity contribution < 1.29 is 4.74 Å². The molecule has 1 aliphatic heterocycles. The largest absolute Gasteiger partial charge is 0.377 e. The SMILES string of the molecule is CCOC1CCCN(c2cc(CNC(C)C)ccn2)C1. The Balaban J connectivity index is 1.98. The van der Waals surface area contributed by atoms with Crippen LogP contribution in [0.5, 0.6) is 0 Å². The monoisotopic (exact) mass is 277 g/mol. The average Bonchev–Trinajstić information content (AvgIpc) is 2.46. The Kier molecular flexibility index (Phi) is 5.80. The van der Waals surface area contributed by atoms with Gasteiger partial charge in [0.15, 0.2) is 0 Å². The molecule has 0 amide bonds. The second kappa shape index (κ2) is 7.60. The summed E-state index contributed by atoms with van der Waals surface area (Å²) in [6.07, 6.45) is 4.62. The van der Waals surface area contributed by atoms with Gasteiger partial charge < -0.3 is 15.0 Å². The van der Waals surface area contributed by atoms with Crippen molar-refractivity contribution in [3.05, 3.63) is 23.9 Å². The van der Waals surface area contributed by atoms with Gasteiger partial charge in [0.25, 0.3) is 0 Å². The summed E-state index contributed by atoms with van der Waals surface area (Å²) >= 11 is 0. The second-order valence-corrected chi connectivity index (χ2v) is 5.72. The zero-order valence-corrected chi connectivity index (χ0v) is 12.9. The molecule has 4 heteroatoms. The summed E-state index contributed by atoms with van der Waals surface area (Å²) in [7, 11) is 0.